The Kier molecular flexibility index (Phi) is 6.96. The molecule has 0 bridgehead atoms. The summed E-state index contributed by atoms with van der Waals surface area (Å²) < 4.78 is 1.15. The second-order valence-electron chi connectivity index (χ2n) is 5.80. The lowest BCUT2D eigenvalue weighted by atomic mass is 9.93. The second kappa shape index (κ2) is 8.52. The van der Waals surface area contributed by atoms with Gasteiger partial charge in [-0.2, -0.15) is 0 Å². The van der Waals surface area contributed by atoms with Crippen molar-refractivity contribution in [2.45, 2.75) is 17.1 Å². The Morgan fingerprint density at radius 2 is 1.91 bits per heavy atom. The standard InChI is InChI=1S/C19H20BrNS.BrH/c1-21(2)11-5-7-16-17-6-3-4-8-19(17)22-13-14-9-10-15(20)12-18(14)16;/h3-4,6-10,12H,5,11,13H2,1-2H3;1H. The van der Waals surface area contributed by atoms with Crippen molar-refractivity contribution >= 4 is 50.2 Å². The number of thioether (sulfide) groups is 1. The van der Waals surface area contributed by atoms with Gasteiger partial charge in [-0.25, -0.2) is 0 Å². The van der Waals surface area contributed by atoms with E-state index in [1.807, 2.05) is 11.8 Å². The van der Waals surface area contributed by atoms with Gasteiger partial charge in [0, 0.05) is 21.7 Å². The summed E-state index contributed by atoms with van der Waals surface area (Å²) in [7, 11) is 4.25. The minimum absolute atomic E-state index is 0. The van der Waals surface area contributed by atoms with E-state index in [2.05, 4.69) is 83.5 Å². The van der Waals surface area contributed by atoms with Gasteiger partial charge in [0.15, 0.2) is 0 Å². The smallest absolute Gasteiger partial charge is 0.0238 e. The Labute approximate surface area is 162 Å². The molecule has 2 aromatic rings. The van der Waals surface area contributed by atoms with Crippen molar-refractivity contribution < 1.29 is 0 Å². The van der Waals surface area contributed by atoms with E-state index in [-0.39, 0.29) is 17.0 Å². The molecule has 0 aromatic heterocycles. The highest BCUT2D eigenvalue weighted by Gasteiger charge is 2.18. The van der Waals surface area contributed by atoms with Gasteiger partial charge in [0.1, 0.15) is 0 Å². The first-order valence-electron chi connectivity index (χ1n) is 7.51. The van der Waals surface area contributed by atoms with Crippen molar-refractivity contribution in [2.75, 3.05) is 20.6 Å². The van der Waals surface area contributed by atoms with Crippen LogP contribution >= 0.6 is 44.7 Å². The summed E-state index contributed by atoms with van der Waals surface area (Å²) in [5.41, 5.74) is 5.52. The van der Waals surface area contributed by atoms with Crippen LogP contribution in [0, 0.1) is 0 Å². The molecule has 0 amide bonds. The summed E-state index contributed by atoms with van der Waals surface area (Å²) in [6.07, 6.45) is 3.46. The zero-order valence-corrected chi connectivity index (χ0v) is 17.5. The van der Waals surface area contributed by atoms with Gasteiger partial charge in [-0.3, -0.25) is 0 Å². The molecule has 0 fully saturated rings. The largest absolute Gasteiger partial charge is 0.309 e. The molecule has 23 heavy (non-hydrogen) atoms. The summed E-state index contributed by atoms with van der Waals surface area (Å²) in [6, 6.07) is 15.4. The minimum Gasteiger partial charge on any atom is -0.309 e. The van der Waals surface area contributed by atoms with Gasteiger partial charge in [-0.05, 0) is 61.0 Å². The Balaban J connectivity index is 0.00000192. The first-order valence-corrected chi connectivity index (χ1v) is 9.29. The lowest BCUT2D eigenvalue weighted by Crippen LogP contribution is -2.12. The molecule has 0 spiro atoms. The summed E-state index contributed by atoms with van der Waals surface area (Å²) in [4.78, 5) is 3.61. The molecular weight excluding hydrogens is 434 g/mol. The molecule has 0 saturated carbocycles. The number of benzene rings is 2. The molecule has 0 N–H and O–H groups in total. The number of hydrogen-bond acceptors (Lipinski definition) is 2. The molecule has 3 rings (SSSR count). The number of rotatable bonds is 3. The fourth-order valence-electron chi connectivity index (χ4n) is 2.73. The van der Waals surface area contributed by atoms with E-state index in [1.165, 1.54) is 27.2 Å². The Morgan fingerprint density at radius 1 is 1.13 bits per heavy atom. The summed E-state index contributed by atoms with van der Waals surface area (Å²) >= 11 is 5.57. The van der Waals surface area contributed by atoms with Gasteiger partial charge < -0.3 is 4.90 Å². The number of hydrogen-bond donors (Lipinski definition) is 0. The molecule has 4 heteroatoms. The molecule has 1 aliphatic heterocycles. The topological polar surface area (TPSA) is 3.24 Å². The fraction of sp³-hybridized carbons (Fsp3) is 0.263. The average Bonchev–Trinajstić information content (AvgIpc) is 2.65. The Morgan fingerprint density at radius 3 is 2.70 bits per heavy atom. The van der Waals surface area contributed by atoms with Gasteiger partial charge in [0.25, 0.3) is 0 Å². The monoisotopic (exact) mass is 453 g/mol. The third kappa shape index (κ3) is 4.50. The van der Waals surface area contributed by atoms with Gasteiger partial charge in [-0.1, -0.05) is 46.3 Å². The van der Waals surface area contributed by atoms with Crippen LogP contribution in [0.15, 0.2) is 57.9 Å². The lowest BCUT2D eigenvalue weighted by molar-refractivity contribution is 0.417. The normalized spacial score (nSPS) is 14.9. The lowest BCUT2D eigenvalue weighted by Gasteiger charge is -2.13. The Hall–Kier alpha value is -0.550. The van der Waals surface area contributed by atoms with Crippen LogP contribution in [0.5, 0.6) is 0 Å². The molecule has 1 nitrogen and oxygen atoms in total. The van der Waals surface area contributed by atoms with Crippen LogP contribution in [0.25, 0.3) is 5.57 Å². The predicted molar refractivity (Wildman–Crippen MR) is 111 cm³/mol. The molecule has 0 radical (unpaired) electrons. The third-order valence-corrected chi connectivity index (χ3v) is 5.46. The highest BCUT2D eigenvalue weighted by atomic mass is 79.9. The summed E-state index contributed by atoms with van der Waals surface area (Å²) in [5.74, 6) is 1.03. The van der Waals surface area contributed by atoms with Gasteiger partial charge in [0.05, 0.1) is 0 Å². The summed E-state index contributed by atoms with van der Waals surface area (Å²) in [6.45, 7) is 1.07. The van der Waals surface area contributed by atoms with Gasteiger partial charge >= 0.3 is 0 Å². The van der Waals surface area contributed by atoms with Crippen LogP contribution in [-0.2, 0) is 5.75 Å². The number of halogens is 2. The van der Waals surface area contributed by atoms with Crippen LogP contribution in [0.4, 0.5) is 0 Å². The fourth-order valence-corrected chi connectivity index (χ4v) is 4.16. The van der Waals surface area contributed by atoms with Crippen molar-refractivity contribution in [3.63, 3.8) is 0 Å². The summed E-state index contributed by atoms with van der Waals surface area (Å²) in [5, 5.41) is 0. The van der Waals surface area contributed by atoms with Crippen LogP contribution in [0.3, 0.4) is 0 Å². The van der Waals surface area contributed by atoms with Gasteiger partial charge in [-0.15, -0.1) is 28.7 Å². The number of fused-ring (bicyclic) bond motifs is 2. The molecule has 1 aliphatic rings. The molecule has 0 atom stereocenters. The van der Waals surface area contributed by atoms with Crippen molar-refractivity contribution in [1.29, 1.82) is 0 Å². The van der Waals surface area contributed by atoms with Gasteiger partial charge in [0.2, 0.25) is 0 Å². The molecular formula is C19H21Br2NS. The van der Waals surface area contributed by atoms with E-state index in [1.54, 1.807) is 0 Å². The molecule has 2 aromatic carbocycles. The number of nitrogens with zero attached hydrogens (tertiary/aromatic N) is 1. The highest BCUT2D eigenvalue weighted by Crippen LogP contribution is 2.40. The van der Waals surface area contributed by atoms with Crippen LogP contribution < -0.4 is 0 Å². The van der Waals surface area contributed by atoms with E-state index in [4.69, 9.17) is 0 Å². The maximum absolute atomic E-state index is 3.63. The van der Waals surface area contributed by atoms with Crippen LogP contribution in [0.1, 0.15) is 23.1 Å². The third-order valence-electron chi connectivity index (χ3n) is 3.85. The molecule has 122 valence electrons. The van der Waals surface area contributed by atoms with Crippen molar-refractivity contribution in [3.05, 3.63) is 69.7 Å². The maximum atomic E-state index is 3.63. The molecule has 0 aliphatic carbocycles. The zero-order chi connectivity index (χ0) is 15.5. The maximum Gasteiger partial charge on any atom is 0.0238 e. The first-order chi connectivity index (χ1) is 10.6. The molecule has 0 saturated heterocycles. The second-order valence-corrected chi connectivity index (χ2v) is 7.73. The Bertz CT molecular complexity index is 710. The van der Waals surface area contributed by atoms with E-state index in [0.29, 0.717) is 0 Å². The van der Waals surface area contributed by atoms with Crippen molar-refractivity contribution in [3.8, 4) is 0 Å². The average molecular weight is 455 g/mol. The SMILES string of the molecule is Br.CN(C)CCC=C1c2cc(Br)ccc2CSc2ccccc21. The van der Waals surface area contributed by atoms with Crippen molar-refractivity contribution in [1.82, 2.24) is 4.90 Å². The van der Waals surface area contributed by atoms with E-state index < -0.39 is 0 Å². The highest BCUT2D eigenvalue weighted by molar-refractivity contribution is 9.10. The van der Waals surface area contributed by atoms with Crippen LogP contribution in [0.2, 0.25) is 0 Å². The van der Waals surface area contributed by atoms with E-state index in [9.17, 15) is 0 Å². The van der Waals surface area contributed by atoms with E-state index >= 15 is 0 Å². The van der Waals surface area contributed by atoms with Crippen molar-refractivity contribution in [2.24, 2.45) is 0 Å². The zero-order valence-electron chi connectivity index (χ0n) is 13.4. The minimum atomic E-state index is 0. The quantitative estimate of drug-likeness (QED) is 0.558. The molecule has 1 heterocycles. The molecule has 0 unspecified atom stereocenters. The first kappa shape index (κ1) is 18.8. The van der Waals surface area contributed by atoms with Crippen LogP contribution in [-0.4, -0.2) is 25.5 Å². The van der Waals surface area contributed by atoms with E-state index in [0.717, 1.165) is 23.2 Å². The predicted octanol–water partition coefficient (Wildman–Crippen LogP) is 6.02.